The van der Waals surface area contributed by atoms with Crippen LogP contribution in [0.5, 0.6) is 0 Å². The molecule has 0 radical (unpaired) electrons. The van der Waals surface area contributed by atoms with Crippen molar-refractivity contribution in [2.24, 2.45) is 5.73 Å². The van der Waals surface area contributed by atoms with Crippen molar-refractivity contribution in [3.63, 3.8) is 0 Å². The summed E-state index contributed by atoms with van der Waals surface area (Å²) in [4.78, 5) is 0. The summed E-state index contributed by atoms with van der Waals surface area (Å²) < 4.78 is 40.4. The van der Waals surface area contributed by atoms with Crippen LogP contribution < -0.4 is 11.1 Å². The first kappa shape index (κ1) is 14.0. The van der Waals surface area contributed by atoms with Gasteiger partial charge in [0.1, 0.15) is 0 Å². The third-order valence-corrected chi connectivity index (χ3v) is 1.97. The van der Waals surface area contributed by atoms with Crippen LogP contribution in [0.25, 0.3) is 0 Å². The second kappa shape index (κ2) is 5.75. The third-order valence-electron chi connectivity index (χ3n) is 1.97. The van der Waals surface area contributed by atoms with Gasteiger partial charge in [-0.15, -0.1) is 12.4 Å². The van der Waals surface area contributed by atoms with E-state index >= 15 is 0 Å². The summed E-state index contributed by atoms with van der Waals surface area (Å²) in [5.41, 5.74) is 5.60. The largest absolute Gasteiger partial charge is 0.401 e. The number of alkyl halides is 3. The van der Waals surface area contributed by atoms with Gasteiger partial charge >= 0.3 is 6.18 Å². The molecule has 0 aliphatic carbocycles. The van der Waals surface area contributed by atoms with Crippen LogP contribution in [0.2, 0.25) is 0 Å². The number of rotatable bonds is 2. The maximum absolute atomic E-state index is 11.8. The van der Waals surface area contributed by atoms with E-state index in [9.17, 15) is 13.2 Å². The van der Waals surface area contributed by atoms with Crippen molar-refractivity contribution in [2.75, 3.05) is 19.8 Å². The molecule has 1 fully saturated rings. The molecule has 1 rings (SSSR count). The van der Waals surface area contributed by atoms with E-state index in [0.29, 0.717) is 13.0 Å². The van der Waals surface area contributed by atoms with Crippen molar-refractivity contribution >= 4 is 12.4 Å². The van der Waals surface area contributed by atoms with E-state index in [1.165, 1.54) is 0 Å². The first-order valence-corrected chi connectivity index (χ1v) is 4.12. The molecule has 0 spiro atoms. The standard InChI is InChI=1S/C7H13F3N2O.ClH/c8-7(9,10)4-12-6-3-13-2-1-5(6)11;/h5-6,12H,1-4,11H2;1H/t5-,6-;/m1./s1. The fraction of sp³-hybridized carbons (Fsp3) is 1.00. The summed E-state index contributed by atoms with van der Waals surface area (Å²) in [6.45, 7) is -0.211. The van der Waals surface area contributed by atoms with Crippen LogP contribution in [0.15, 0.2) is 0 Å². The van der Waals surface area contributed by atoms with Gasteiger partial charge in [-0.05, 0) is 6.42 Å². The zero-order valence-electron chi connectivity index (χ0n) is 7.51. The van der Waals surface area contributed by atoms with Crippen LogP contribution in [-0.2, 0) is 4.74 Å². The van der Waals surface area contributed by atoms with E-state index in [2.05, 4.69) is 5.32 Å². The Labute approximate surface area is 86.6 Å². The van der Waals surface area contributed by atoms with Gasteiger partial charge in [-0.3, -0.25) is 0 Å². The molecule has 3 N–H and O–H groups in total. The number of ether oxygens (including phenoxy) is 1. The molecule has 0 saturated carbocycles. The molecule has 0 bridgehead atoms. The highest BCUT2D eigenvalue weighted by molar-refractivity contribution is 5.85. The Bertz CT molecular complexity index is 168. The predicted molar refractivity (Wildman–Crippen MR) is 48.5 cm³/mol. The van der Waals surface area contributed by atoms with Gasteiger partial charge in [0.15, 0.2) is 0 Å². The Hall–Kier alpha value is -0.0400. The molecular weight excluding hydrogens is 221 g/mol. The van der Waals surface area contributed by atoms with Crippen molar-refractivity contribution < 1.29 is 17.9 Å². The van der Waals surface area contributed by atoms with E-state index in [4.69, 9.17) is 10.5 Å². The molecule has 14 heavy (non-hydrogen) atoms. The average molecular weight is 235 g/mol. The van der Waals surface area contributed by atoms with Gasteiger partial charge < -0.3 is 15.8 Å². The van der Waals surface area contributed by atoms with E-state index < -0.39 is 12.7 Å². The van der Waals surface area contributed by atoms with Gasteiger partial charge in [0.05, 0.1) is 13.2 Å². The van der Waals surface area contributed by atoms with Gasteiger partial charge in [0, 0.05) is 18.7 Å². The summed E-state index contributed by atoms with van der Waals surface area (Å²) in [5.74, 6) is 0. The van der Waals surface area contributed by atoms with Gasteiger partial charge in [0.25, 0.3) is 0 Å². The van der Waals surface area contributed by atoms with Gasteiger partial charge in [-0.2, -0.15) is 13.2 Å². The molecule has 2 atom stereocenters. The fourth-order valence-corrected chi connectivity index (χ4v) is 1.21. The first-order valence-electron chi connectivity index (χ1n) is 4.12. The molecule has 86 valence electrons. The van der Waals surface area contributed by atoms with Crippen LogP contribution in [0.1, 0.15) is 6.42 Å². The summed E-state index contributed by atoms with van der Waals surface area (Å²) in [6.07, 6.45) is -3.58. The molecular formula is C7H14ClF3N2O. The van der Waals surface area contributed by atoms with Crippen LogP contribution >= 0.6 is 12.4 Å². The molecule has 1 aliphatic heterocycles. The number of nitrogens with two attached hydrogens (primary N) is 1. The Morgan fingerprint density at radius 1 is 1.43 bits per heavy atom. The van der Waals surface area contributed by atoms with E-state index in [1.54, 1.807) is 0 Å². The lowest BCUT2D eigenvalue weighted by molar-refractivity contribution is -0.128. The molecule has 0 unspecified atom stereocenters. The lowest BCUT2D eigenvalue weighted by atomic mass is 10.1. The predicted octanol–water partition coefficient (Wildman–Crippen LogP) is 0.676. The highest BCUT2D eigenvalue weighted by atomic mass is 35.5. The number of halogens is 4. The average Bonchev–Trinajstić information content (AvgIpc) is 2.01. The van der Waals surface area contributed by atoms with E-state index in [-0.39, 0.29) is 31.1 Å². The quantitative estimate of drug-likeness (QED) is 0.739. The van der Waals surface area contributed by atoms with E-state index in [0.717, 1.165) is 0 Å². The summed E-state index contributed by atoms with van der Waals surface area (Å²) >= 11 is 0. The van der Waals surface area contributed by atoms with Crippen LogP contribution in [0.3, 0.4) is 0 Å². The molecule has 0 aromatic heterocycles. The monoisotopic (exact) mass is 234 g/mol. The van der Waals surface area contributed by atoms with Crippen LogP contribution in [0.4, 0.5) is 13.2 Å². The second-order valence-electron chi connectivity index (χ2n) is 3.13. The van der Waals surface area contributed by atoms with E-state index in [1.807, 2.05) is 0 Å². The number of hydrogen-bond acceptors (Lipinski definition) is 3. The molecule has 7 heteroatoms. The smallest absolute Gasteiger partial charge is 0.380 e. The lowest BCUT2D eigenvalue weighted by Crippen LogP contribution is -2.53. The number of nitrogens with one attached hydrogen (secondary N) is 1. The zero-order valence-corrected chi connectivity index (χ0v) is 8.33. The normalized spacial score (nSPS) is 28.3. The second-order valence-corrected chi connectivity index (χ2v) is 3.13. The molecule has 3 nitrogen and oxygen atoms in total. The molecule has 1 heterocycles. The lowest BCUT2D eigenvalue weighted by Gasteiger charge is -2.29. The van der Waals surface area contributed by atoms with Crippen molar-refractivity contribution in [1.29, 1.82) is 0 Å². The highest BCUT2D eigenvalue weighted by Gasteiger charge is 2.30. The Morgan fingerprint density at radius 2 is 2.07 bits per heavy atom. The minimum Gasteiger partial charge on any atom is -0.380 e. The Kier molecular flexibility index (Phi) is 5.73. The van der Waals surface area contributed by atoms with Gasteiger partial charge in [0.2, 0.25) is 0 Å². The van der Waals surface area contributed by atoms with Gasteiger partial charge in [-0.25, -0.2) is 0 Å². The molecule has 0 aromatic carbocycles. The number of hydrogen-bond donors (Lipinski definition) is 2. The maximum atomic E-state index is 11.8. The molecule has 0 aromatic rings. The van der Waals surface area contributed by atoms with Crippen molar-refractivity contribution in [3.05, 3.63) is 0 Å². The fourth-order valence-electron chi connectivity index (χ4n) is 1.21. The minimum atomic E-state index is -4.18. The van der Waals surface area contributed by atoms with Crippen LogP contribution in [0, 0.1) is 0 Å². The van der Waals surface area contributed by atoms with Crippen molar-refractivity contribution in [1.82, 2.24) is 5.32 Å². The Morgan fingerprint density at radius 3 is 2.57 bits per heavy atom. The highest BCUT2D eigenvalue weighted by Crippen LogP contribution is 2.14. The topological polar surface area (TPSA) is 47.3 Å². The maximum Gasteiger partial charge on any atom is 0.401 e. The minimum absolute atomic E-state index is 0. The van der Waals surface area contributed by atoms with Crippen LogP contribution in [-0.4, -0.2) is 38.0 Å². The van der Waals surface area contributed by atoms with Gasteiger partial charge in [-0.1, -0.05) is 0 Å². The molecule has 1 saturated heterocycles. The molecule has 1 aliphatic rings. The SMILES string of the molecule is Cl.N[C@@H]1CCOC[C@H]1NCC(F)(F)F. The summed E-state index contributed by atoms with van der Waals surface area (Å²) in [7, 11) is 0. The third kappa shape index (κ3) is 4.99. The van der Waals surface area contributed by atoms with Crippen molar-refractivity contribution in [2.45, 2.75) is 24.7 Å². The summed E-state index contributed by atoms with van der Waals surface area (Å²) in [5, 5.41) is 2.34. The zero-order chi connectivity index (χ0) is 9.90. The molecule has 0 amide bonds. The summed E-state index contributed by atoms with van der Waals surface area (Å²) in [6, 6.07) is -0.619. The Balaban J connectivity index is 0.00000169. The van der Waals surface area contributed by atoms with Crippen molar-refractivity contribution in [3.8, 4) is 0 Å². The first-order chi connectivity index (χ1) is 5.99.